The summed E-state index contributed by atoms with van der Waals surface area (Å²) in [5.41, 5.74) is 5.44. The molecule has 7 atom stereocenters. The SMILES string of the molecule is CC(C)C(C)C=CC(C)C1CCC2=C3C=CC4=CC(O)CCC4(C)C3CCC21C. The summed E-state index contributed by atoms with van der Waals surface area (Å²) in [6, 6.07) is 0. The van der Waals surface area contributed by atoms with E-state index in [0.717, 1.165) is 24.7 Å². The summed E-state index contributed by atoms with van der Waals surface area (Å²) in [5.74, 6) is 3.45. The van der Waals surface area contributed by atoms with Crippen molar-refractivity contribution in [1.29, 1.82) is 0 Å². The molecule has 7 unspecified atom stereocenters. The molecular weight excluding hydrogens is 352 g/mol. The number of hydrogen-bond acceptors (Lipinski definition) is 1. The van der Waals surface area contributed by atoms with Gasteiger partial charge in [0.05, 0.1) is 6.10 Å². The second-order valence-electron chi connectivity index (χ2n) is 11.4. The fourth-order valence-electron chi connectivity index (χ4n) is 7.05. The molecule has 4 aliphatic carbocycles. The van der Waals surface area contributed by atoms with Gasteiger partial charge in [0.25, 0.3) is 0 Å². The highest BCUT2D eigenvalue weighted by molar-refractivity contribution is 5.49. The lowest BCUT2D eigenvalue weighted by Gasteiger charge is -2.51. The molecule has 4 rings (SSSR count). The van der Waals surface area contributed by atoms with Crippen LogP contribution in [0.3, 0.4) is 0 Å². The zero-order chi connectivity index (χ0) is 21.0. The molecule has 0 radical (unpaired) electrons. The summed E-state index contributed by atoms with van der Waals surface area (Å²) in [4.78, 5) is 0. The van der Waals surface area contributed by atoms with Crippen LogP contribution in [0.2, 0.25) is 0 Å². The minimum atomic E-state index is -0.248. The van der Waals surface area contributed by atoms with E-state index < -0.39 is 0 Å². The molecule has 1 nitrogen and oxygen atoms in total. The van der Waals surface area contributed by atoms with Crippen molar-refractivity contribution in [2.45, 2.75) is 86.2 Å². The second kappa shape index (κ2) is 7.56. The maximum Gasteiger partial charge on any atom is 0.0727 e. The van der Waals surface area contributed by atoms with E-state index in [1.54, 1.807) is 11.1 Å². The van der Waals surface area contributed by atoms with Crippen LogP contribution in [0.4, 0.5) is 0 Å². The largest absolute Gasteiger partial charge is 0.389 e. The van der Waals surface area contributed by atoms with Crippen molar-refractivity contribution in [3.8, 4) is 0 Å². The van der Waals surface area contributed by atoms with Gasteiger partial charge in [0.15, 0.2) is 0 Å². The fraction of sp³-hybridized carbons (Fsp3) is 0.714. The normalized spacial score (nSPS) is 41.2. The molecule has 0 aliphatic heterocycles. The minimum absolute atomic E-state index is 0.230. The fourth-order valence-corrected chi connectivity index (χ4v) is 7.05. The number of rotatable bonds is 4. The molecular formula is C28H42O. The Labute approximate surface area is 179 Å². The summed E-state index contributed by atoms with van der Waals surface area (Å²) in [6.45, 7) is 14.5. The van der Waals surface area contributed by atoms with Crippen LogP contribution in [0.15, 0.2) is 47.1 Å². The molecule has 1 N–H and O–H groups in total. The van der Waals surface area contributed by atoms with E-state index in [2.05, 4.69) is 71.9 Å². The molecule has 1 fully saturated rings. The summed E-state index contributed by atoms with van der Waals surface area (Å²) in [5, 5.41) is 10.1. The highest BCUT2D eigenvalue weighted by Gasteiger charge is 2.53. The predicted molar refractivity (Wildman–Crippen MR) is 123 cm³/mol. The molecule has 0 aromatic rings. The summed E-state index contributed by atoms with van der Waals surface area (Å²) in [7, 11) is 0. The van der Waals surface area contributed by atoms with Crippen LogP contribution in [-0.2, 0) is 0 Å². The predicted octanol–water partition coefficient (Wildman–Crippen LogP) is 7.25. The Morgan fingerprint density at radius 1 is 0.966 bits per heavy atom. The lowest BCUT2D eigenvalue weighted by molar-refractivity contribution is 0.115. The van der Waals surface area contributed by atoms with E-state index in [9.17, 15) is 5.11 Å². The average Bonchev–Trinajstić information content (AvgIpc) is 3.03. The lowest BCUT2D eigenvalue weighted by Crippen LogP contribution is -2.42. The van der Waals surface area contributed by atoms with Crippen molar-refractivity contribution in [3.63, 3.8) is 0 Å². The van der Waals surface area contributed by atoms with Crippen molar-refractivity contribution < 1.29 is 5.11 Å². The average molecular weight is 395 g/mol. The Balaban J connectivity index is 1.64. The van der Waals surface area contributed by atoms with Crippen LogP contribution in [-0.4, -0.2) is 11.2 Å². The number of aliphatic hydroxyl groups excluding tert-OH is 1. The van der Waals surface area contributed by atoms with E-state index in [0.29, 0.717) is 23.2 Å². The van der Waals surface area contributed by atoms with E-state index in [-0.39, 0.29) is 11.5 Å². The van der Waals surface area contributed by atoms with E-state index in [4.69, 9.17) is 0 Å². The topological polar surface area (TPSA) is 20.2 Å². The molecule has 1 heteroatoms. The Morgan fingerprint density at radius 2 is 1.69 bits per heavy atom. The molecule has 0 bridgehead atoms. The molecule has 160 valence electrons. The van der Waals surface area contributed by atoms with Gasteiger partial charge in [-0.1, -0.05) is 77.5 Å². The lowest BCUT2D eigenvalue weighted by atomic mass is 9.53. The van der Waals surface area contributed by atoms with Crippen molar-refractivity contribution in [2.24, 2.45) is 40.4 Å². The van der Waals surface area contributed by atoms with E-state index >= 15 is 0 Å². The minimum Gasteiger partial charge on any atom is -0.389 e. The molecule has 0 saturated heterocycles. The number of fused-ring (bicyclic) bond motifs is 4. The molecule has 4 aliphatic rings. The molecule has 1 saturated carbocycles. The number of aliphatic hydroxyl groups is 1. The van der Waals surface area contributed by atoms with Gasteiger partial charge in [-0.25, -0.2) is 0 Å². The quantitative estimate of drug-likeness (QED) is 0.498. The van der Waals surface area contributed by atoms with Gasteiger partial charge in [-0.2, -0.15) is 0 Å². The Morgan fingerprint density at radius 3 is 2.41 bits per heavy atom. The van der Waals surface area contributed by atoms with Gasteiger partial charge in [-0.05, 0) is 90.1 Å². The highest BCUT2D eigenvalue weighted by atomic mass is 16.3. The van der Waals surface area contributed by atoms with Crippen molar-refractivity contribution >= 4 is 0 Å². The summed E-state index contributed by atoms with van der Waals surface area (Å²) in [6.07, 6.45) is 19.0. The van der Waals surface area contributed by atoms with Crippen molar-refractivity contribution in [1.82, 2.24) is 0 Å². The van der Waals surface area contributed by atoms with Crippen LogP contribution in [0, 0.1) is 40.4 Å². The molecule has 0 aromatic heterocycles. The standard InChI is InChI=1S/C28H42O/c1-18(2)19(3)7-8-20(4)24-11-12-25-23-10-9-21-17-22(29)13-15-27(21,5)26(23)14-16-28(24,25)6/h7-10,17-20,22,24,26,29H,11-16H2,1-6H3. The van der Waals surface area contributed by atoms with Crippen LogP contribution in [0.25, 0.3) is 0 Å². The monoisotopic (exact) mass is 394 g/mol. The van der Waals surface area contributed by atoms with Gasteiger partial charge in [-0.3, -0.25) is 0 Å². The Hall–Kier alpha value is -1.08. The van der Waals surface area contributed by atoms with Crippen LogP contribution in [0.1, 0.15) is 80.1 Å². The smallest absolute Gasteiger partial charge is 0.0727 e. The van der Waals surface area contributed by atoms with Gasteiger partial charge in [-0.15, -0.1) is 0 Å². The van der Waals surface area contributed by atoms with Gasteiger partial charge < -0.3 is 5.11 Å². The molecule has 0 heterocycles. The third-order valence-corrected chi connectivity index (χ3v) is 9.50. The first-order valence-corrected chi connectivity index (χ1v) is 12.2. The zero-order valence-corrected chi connectivity index (χ0v) is 19.5. The number of allylic oxidation sites excluding steroid dienone is 7. The molecule has 0 amide bonds. The van der Waals surface area contributed by atoms with E-state index in [1.807, 2.05) is 0 Å². The first-order chi connectivity index (χ1) is 13.7. The Kier molecular flexibility index (Phi) is 5.52. The Bertz CT molecular complexity index is 765. The first kappa shape index (κ1) is 21.2. The third-order valence-electron chi connectivity index (χ3n) is 9.50. The number of hydrogen-bond donors (Lipinski definition) is 1. The van der Waals surface area contributed by atoms with Crippen molar-refractivity contribution in [2.75, 3.05) is 0 Å². The molecule has 0 aromatic carbocycles. The summed E-state index contributed by atoms with van der Waals surface area (Å²) >= 11 is 0. The first-order valence-electron chi connectivity index (χ1n) is 12.2. The third kappa shape index (κ3) is 3.42. The van der Waals surface area contributed by atoms with Crippen LogP contribution < -0.4 is 0 Å². The van der Waals surface area contributed by atoms with Crippen LogP contribution in [0.5, 0.6) is 0 Å². The van der Waals surface area contributed by atoms with E-state index in [1.165, 1.54) is 31.3 Å². The molecule has 29 heavy (non-hydrogen) atoms. The maximum atomic E-state index is 10.1. The molecule has 0 spiro atoms. The highest BCUT2D eigenvalue weighted by Crippen LogP contribution is 2.63. The zero-order valence-electron chi connectivity index (χ0n) is 19.5. The van der Waals surface area contributed by atoms with Crippen molar-refractivity contribution in [3.05, 3.63) is 47.1 Å². The van der Waals surface area contributed by atoms with Gasteiger partial charge in [0, 0.05) is 0 Å². The van der Waals surface area contributed by atoms with Crippen LogP contribution >= 0.6 is 0 Å². The van der Waals surface area contributed by atoms with Gasteiger partial charge >= 0.3 is 0 Å². The second-order valence-corrected chi connectivity index (χ2v) is 11.4. The van der Waals surface area contributed by atoms with Gasteiger partial charge in [0.2, 0.25) is 0 Å². The maximum absolute atomic E-state index is 10.1. The van der Waals surface area contributed by atoms with Gasteiger partial charge in [0.1, 0.15) is 0 Å². The summed E-state index contributed by atoms with van der Waals surface area (Å²) < 4.78 is 0.